The van der Waals surface area contributed by atoms with Crippen LogP contribution in [-0.4, -0.2) is 25.0 Å². The highest BCUT2D eigenvalue weighted by atomic mass is 16.1. The van der Waals surface area contributed by atoms with Crippen molar-refractivity contribution in [1.29, 1.82) is 0 Å². The first-order valence-electron chi connectivity index (χ1n) is 8.44. The SMILES string of the molecule is CN(C)c1ccc(NC(=O)c2ccc(NCc3ccccc3)cn2)cc1. The average Bonchev–Trinajstić information content (AvgIpc) is 2.68. The van der Waals surface area contributed by atoms with Crippen LogP contribution in [0.1, 0.15) is 16.1 Å². The van der Waals surface area contributed by atoms with Gasteiger partial charge in [-0.05, 0) is 42.0 Å². The van der Waals surface area contributed by atoms with Gasteiger partial charge in [0.2, 0.25) is 0 Å². The molecule has 0 fully saturated rings. The fourth-order valence-corrected chi connectivity index (χ4v) is 2.47. The van der Waals surface area contributed by atoms with Crippen LogP contribution in [0.4, 0.5) is 17.1 Å². The highest BCUT2D eigenvalue weighted by molar-refractivity contribution is 6.03. The molecule has 5 heteroatoms. The summed E-state index contributed by atoms with van der Waals surface area (Å²) in [6.45, 7) is 0.715. The Morgan fingerprint density at radius 1 is 0.923 bits per heavy atom. The number of carbonyl (C=O) groups is 1. The van der Waals surface area contributed by atoms with Crippen molar-refractivity contribution in [3.8, 4) is 0 Å². The van der Waals surface area contributed by atoms with E-state index in [1.807, 2.05) is 67.5 Å². The van der Waals surface area contributed by atoms with Crippen molar-refractivity contribution >= 4 is 23.0 Å². The average molecular weight is 346 g/mol. The van der Waals surface area contributed by atoms with Crippen LogP contribution in [-0.2, 0) is 6.54 Å². The van der Waals surface area contributed by atoms with Gasteiger partial charge in [-0.2, -0.15) is 0 Å². The Morgan fingerprint density at radius 3 is 2.23 bits per heavy atom. The number of nitrogens with zero attached hydrogens (tertiary/aromatic N) is 2. The maximum atomic E-state index is 12.3. The normalized spacial score (nSPS) is 10.2. The van der Waals surface area contributed by atoms with Gasteiger partial charge in [-0.1, -0.05) is 30.3 Å². The molecule has 0 atom stereocenters. The molecule has 0 bridgehead atoms. The van der Waals surface area contributed by atoms with Gasteiger partial charge in [-0.25, -0.2) is 4.98 Å². The fourth-order valence-electron chi connectivity index (χ4n) is 2.47. The minimum absolute atomic E-state index is 0.225. The zero-order valence-corrected chi connectivity index (χ0v) is 14.9. The van der Waals surface area contributed by atoms with E-state index in [4.69, 9.17) is 0 Å². The van der Waals surface area contributed by atoms with Crippen LogP contribution in [0.3, 0.4) is 0 Å². The molecule has 0 aliphatic carbocycles. The van der Waals surface area contributed by atoms with Gasteiger partial charge in [0.15, 0.2) is 0 Å². The molecule has 1 amide bonds. The topological polar surface area (TPSA) is 57.3 Å². The summed E-state index contributed by atoms with van der Waals surface area (Å²) in [5, 5.41) is 6.16. The molecule has 0 aliphatic heterocycles. The summed E-state index contributed by atoms with van der Waals surface area (Å²) in [4.78, 5) is 18.6. The molecule has 132 valence electrons. The molecule has 0 saturated carbocycles. The largest absolute Gasteiger partial charge is 0.380 e. The predicted octanol–water partition coefficient (Wildman–Crippen LogP) is 4.01. The van der Waals surface area contributed by atoms with Crippen molar-refractivity contribution < 1.29 is 4.79 Å². The molecule has 26 heavy (non-hydrogen) atoms. The summed E-state index contributed by atoms with van der Waals surface area (Å²) < 4.78 is 0. The molecular weight excluding hydrogens is 324 g/mol. The number of rotatable bonds is 6. The monoisotopic (exact) mass is 346 g/mol. The number of carbonyl (C=O) groups excluding carboxylic acids is 1. The van der Waals surface area contributed by atoms with Crippen LogP contribution >= 0.6 is 0 Å². The highest BCUT2D eigenvalue weighted by Crippen LogP contribution is 2.16. The van der Waals surface area contributed by atoms with Crippen LogP contribution in [0.2, 0.25) is 0 Å². The molecule has 0 radical (unpaired) electrons. The molecular formula is C21H22N4O. The maximum absolute atomic E-state index is 12.3. The Kier molecular flexibility index (Phi) is 5.49. The van der Waals surface area contributed by atoms with Crippen molar-refractivity contribution in [2.24, 2.45) is 0 Å². The molecule has 1 aromatic heterocycles. The third-order valence-electron chi connectivity index (χ3n) is 3.98. The summed E-state index contributed by atoms with van der Waals surface area (Å²) in [6, 6.07) is 21.4. The zero-order chi connectivity index (χ0) is 18.4. The van der Waals surface area contributed by atoms with E-state index in [9.17, 15) is 4.79 Å². The van der Waals surface area contributed by atoms with E-state index in [-0.39, 0.29) is 5.91 Å². The van der Waals surface area contributed by atoms with E-state index in [1.165, 1.54) is 5.56 Å². The van der Waals surface area contributed by atoms with Crippen LogP contribution in [0.5, 0.6) is 0 Å². The zero-order valence-electron chi connectivity index (χ0n) is 14.9. The van der Waals surface area contributed by atoms with E-state index in [2.05, 4.69) is 27.8 Å². The van der Waals surface area contributed by atoms with Gasteiger partial charge in [0.25, 0.3) is 5.91 Å². The lowest BCUT2D eigenvalue weighted by atomic mass is 10.2. The van der Waals surface area contributed by atoms with Gasteiger partial charge in [0, 0.05) is 32.0 Å². The number of anilines is 3. The van der Waals surface area contributed by atoms with Crippen molar-refractivity contribution in [2.75, 3.05) is 29.6 Å². The fraction of sp³-hybridized carbons (Fsp3) is 0.143. The Morgan fingerprint density at radius 2 is 1.62 bits per heavy atom. The third-order valence-corrected chi connectivity index (χ3v) is 3.98. The molecule has 1 heterocycles. The van der Waals surface area contributed by atoms with Gasteiger partial charge < -0.3 is 15.5 Å². The smallest absolute Gasteiger partial charge is 0.274 e. The van der Waals surface area contributed by atoms with Crippen molar-refractivity contribution in [3.63, 3.8) is 0 Å². The van der Waals surface area contributed by atoms with Crippen LogP contribution < -0.4 is 15.5 Å². The first kappa shape index (κ1) is 17.5. The second-order valence-electron chi connectivity index (χ2n) is 6.17. The van der Waals surface area contributed by atoms with E-state index in [1.54, 1.807) is 12.3 Å². The van der Waals surface area contributed by atoms with Crippen LogP contribution in [0.15, 0.2) is 72.9 Å². The van der Waals surface area contributed by atoms with Crippen molar-refractivity contribution in [1.82, 2.24) is 4.98 Å². The lowest BCUT2D eigenvalue weighted by Crippen LogP contribution is -2.14. The second kappa shape index (κ2) is 8.16. The Hall–Kier alpha value is -3.34. The number of hydrogen-bond donors (Lipinski definition) is 2. The van der Waals surface area contributed by atoms with Crippen LogP contribution in [0, 0.1) is 0 Å². The summed E-state index contributed by atoms with van der Waals surface area (Å²) in [5.74, 6) is -0.225. The number of amides is 1. The number of hydrogen-bond acceptors (Lipinski definition) is 4. The Balaban J connectivity index is 1.58. The minimum Gasteiger partial charge on any atom is -0.380 e. The van der Waals surface area contributed by atoms with Gasteiger partial charge >= 0.3 is 0 Å². The minimum atomic E-state index is -0.225. The highest BCUT2D eigenvalue weighted by Gasteiger charge is 2.08. The molecule has 2 aromatic carbocycles. The van der Waals surface area contributed by atoms with E-state index < -0.39 is 0 Å². The van der Waals surface area contributed by atoms with Gasteiger partial charge in [0.1, 0.15) is 5.69 Å². The molecule has 3 aromatic rings. The van der Waals surface area contributed by atoms with Crippen LogP contribution in [0.25, 0.3) is 0 Å². The van der Waals surface area contributed by atoms with Gasteiger partial charge in [-0.15, -0.1) is 0 Å². The summed E-state index contributed by atoms with van der Waals surface area (Å²) in [6.07, 6.45) is 1.67. The number of nitrogens with one attached hydrogen (secondary N) is 2. The quantitative estimate of drug-likeness (QED) is 0.708. The number of pyridine rings is 1. The van der Waals surface area contributed by atoms with E-state index in [0.717, 1.165) is 17.1 Å². The lowest BCUT2D eigenvalue weighted by Gasteiger charge is -2.13. The molecule has 0 aliphatic rings. The molecule has 3 rings (SSSR count). The first-order valence-corrected chi connectivity index (χ1v) is 8.44. The Labute approximate surface area is 153 Å². The first-order chi connectivity index (χ1) is 12.6. The Bertz CT molecular complexity index is 843. The third kappa shape index (κ3) is 4.60. The van der Waals surface area contributed by atoms with Gasteiger partial charge in [-0.3, -0.25) is 4.79 Å². The van der Waals surface area contributed by atoms with E-state index in [0.29, 0.717) is 12.2 Å². The van der Waals surface area contributed by atoms with E-state index >= 15 is 0 Å². The maximum Gasteiger partial charge on any atom is 0.274 e. The summed E-state index contributed by atoms with van der Waals surface area (Å²) >= 11 is 0. The molecule has 0 spiro atoms. The van der Waals surface area contributed by atoms with Crippen molar-refractivity contribution in [3.05, 3.63) is 84.2 Å². The molecule has 0 unspecified atom stereocenters. The second-order valence-corrected chi connectivity index (χ2v) is 6.17. The standard InChI is InChI=1S/C21H22N4O/c1-25(2)19-11-8-17(9-12-19)24-21(26)20-13-10-18(15-23-20)22-14-16-6-4-3-5-7-16/h3-13,15,22H,14H2,1-2H3,(H,24,26). The molecule has 5 nitrogen and oxygen atoms in total. The summed E-state index contributed by atoms with van der Waals surface area (Å²) in [7, 11) is 3.95. The molecule has 2 N–H and O–H groups in total. The number of benzene rings is 2. The lowest BCUT2D eigenvalue weighted by molar-refractivity contribution is 0.102. The summed E-state index contributed by atoms with van der Waals surface area (Å²) in [5.41, 5.74) is 4.27. The van der Waals surface area contributed by atoms with Gasteiger partial charge in [0.05, 0.1) is 11.9 Å². The molecule has 0 saturated heterocycles. The number of aromatic nitrogens is 1. The van der Waals surface area contributed by atoms with Crippen molar-refractivity contribution in [2.45, 2.75) is 6.54 Å². The predicted molar refractivity (Wildman–Crippen MR) is 107 cm³/mol.